The summed E-state index contributed by atoms with van der Waals surface area (Å²) in [6.07, 6.45) is 8.39. The van der Waals surface area contributed by atoms with Gasteiger partial charge in [-0.3, -0.25) is 0 Å². The van der Waals surface area contributed by atoms with Gasteiger partial charge in [0.1, 0.15) is 5.75 Å². The van der Waals surface area contributed by atoms with Crippen LogP contribution in [0.1, 0.15) is 54.8 Å². The van der Waals surface area contributed by atoms with Crippen molar-refractivity contribution >= 4 is 0 Å². The van der Waals surface area contributed by atoms with Gasteiger partial charge in [-0.15, -0.1) is 0 Å². The Kier molecular flexibility index (Phi) is 4.65. The van der Waals surface area contributed by atoms with Crippen LogP contribution in [-0.4, -0.2) is 7.11 Å². The van der Waals surface area contributed by atoms with E-state index in [0.717, 1.165) is 12.2 Å². The van der Waals surface area contributed by atoms with Crippen molar-refractivity contribution in [3.8, 4) is 5.75 Å². The molecule has 0 fully saturated rings. The molecule has 1 aliphatic rings. The molecule has 0 amide bonds. The monoisotopic (exact) mass is 259 g/mol. The van der Waals surface area contributed by atoms with Gasteiger partial charge >= 0.3 is 0 Å². The van der Waals surface area contributed by atoms with E-state index in [2.05, 4.69) is 32.1 Å². The molecule has 1 aromatic carbocycles. The molecular weight excluding hydrogens is 234 g/mol. The molecule has 1 aromatic rings. The SMILES string of the molecule is COc1cc(C)cc(C)c1C(N)CC1=CCCCC1. The molecule has 0 radical (unpaired) electrons. The number of hydrogen-bond donors (Lipinski definition) is 1. The van der Waals surface area contributed by atoms with Crippen molar-refractivity contribution in [3.05, 3.63) is 40.5 Å². The molecule has 104 valence electrons. The number of benzene rings is 1. The Labute approximate surface area is 116 Å². The largest absolute Gasteiger partial charge is 0.496 e. The molecule has 2 nitrogen and oxygen atoms in total. The third kappa shape index (κ3) is 3.38. The molecule has 2 rings (SSSR count). The Bertz CT molecular complexity index is 476. The van der Waals surface area contributed by atoms with Gasteiger partial charge in [0.2, 0.25) is 0 Å². The van der Waals surface area contributed by atoms with E-state index < -0.39 is 0 Å². The fourth-order valence-corrected chi connectivity index (χ4v) is 3.06. The van der Waals surface area contributed by atoms with Gasteiger partial charge in [-0.2, -0.15) is 0 Å². The maximum Gasteiger partial charge on any atom is 0.124 e. The average Bonchev–Trinajstić information content (AvgIpc) is 2.38. The molecule has 1 aliphatic carbocycles. The number of methoxy groups -OCH3 is 1. The van der Waals surface area contributed by atoms with E-state index in [-0.39, 0.29) is 6.04 Å². The fourth-order valence-electron chi connectivity index (χ4n) is 3.06. The summed E-state index contributed by atoms with van der Waals surface area (Å²) >= 11 is 0. The Morgan fingerprint density at radius 2 is 2.05 bits per heavy atom. The van der Waals surface area contributed by atoms with Crippen LogP contribution in [0.25, 0.3) is 0 Å². The van der Waals surface area contributed by atoms with Crippen molar-refractivity contribution in [3.63, 3.8) is 0 Å². The van der Waals surface area contributed by atoms with E-state index in [0.29, 0.717) is 0 Å². The molecular formula is C17H25NO. The lowest BCUT2D eigenvalue weighted by atomic mass is 9.89. The Hall–Kier alpha value is -1.28. The van der Waals surface area contributed by atoms with Crippen LogP contribution < -0.4 is 10.5 Å². The van der Waals surface area contributed by atoms with Crippen molar-refractivity contribution < 1.29 is 4.74 Å². The van der Waals surface area contributed by atoms with E-state index in [9.17, 15) is 0 Å². The molecule has 0 bridgehead atoms. The summed E-state index contributed by atoms with van der Waals surface area (Å²) in [5, 5.41) is 0. The van der Waals surface area contributed by atoms with Crippen molar-refractivity contribution in [2.24, 2.45) is 5.73 Å². The summed E-state index contributed by atoms with van der Waals surface area (Å²) in [6.45, 7) is 4.22. The summed E-state index contributed by atoms with van der Waals surface area (Å²) in [6, 6.07) is 4.31. The van der Waals surface area contributed by atoms with Crippen LogP contribution in [0.4, 0.5) is 0 Å². The minimum absolute atomic E-state index is 0.0416. The van der Waals surface area contributed by atoms with Crippen molar-refractivity contribution in [1.29, 1.82) is 0 Å². The Morgan fingerprint density at radius 1 is 1.26 bits per heavy atom. The average molecular weight is 259 g/mol. The molecule has 0 heterocycles. The van der Waals surface area contributed by atoms with Gasteiger partial charge in [0.25, 0.3) is 0 Å². The first-order valence-electron chi connectivity index (χ1n) is 7.20. The molecule has 1 atom stereocenters. The molecule has 1 unspecified atom stereocenters. The van der Waals surface area contributed by atoms with E-state index in [1.807, 2.05) is 0 Å². The molecule has 0 saturated heterocycles. The molecule has 0 aromatic heterocycles. The molecule has 0 saturated carbocycles. The number of hydrogen-bond acceptors (Lipinski definition) is 2. The first-order valence-corrected chi connectivity index (χ1v) is 7.20. The lowest BCUT2D eigenvalue weighted by Gasteiger charge is -2.21. The first kappa shape index (κ1) is 14.1. The number of rotatable bonds is 4. The van der Waals surface area contributed by atoms with Crippen LogP contribution in [0.3, 0.4) is 0 Å². The van der Waals surface area contributed by atoms with Gasteiger partial charge < -0.3 is 10.5 Å². The van der Waals surface area contributed by atoms with Gasteiger partial charge in [-0.05, 0) is 63.1 Å². The van der Waals surface area contributed by atoms with Crippen LogP contribution in [0, 0.1) is 13.8 Å². The van der Waals surface area contributed by atoms with E-state index in [1.165, 1.54) is 47.9 Å². The van der Waals surface area contributed by atoms with Gasteiger partial charge in [-0.25, -0.2) is 0 Å². The number of aryl methyl sites for hydroxylation is 2. The van der Waals surface area contributed by atoms with Gasteiger partial charge in [0.05, 0.1) is 7.11 Å². The molecule has 0 spiro atoms. The summed E-state index contributed by atoms with van der Waals surface area (Å²) < 4.78 is 5.52. The zero-order valence-electron chi connectivity index (χ0n) is 12.3. The second kappa shape index (κ2) is 6.25. The predicted octanol–water partition coefficient (Wildman–Crippen LogP) is 4.20. The first-order chi connectivity index (χ1) is 9.11. The van der Waals surface area contributed by atoms with Crippen LogP contribution in [0.5, 0.6) is 5.75 Å². The lowest BCUT2D eigenvalue weighted by molar-refractivity contribution is 0.404. The molecule has 0 aliphatic heterocycles. The van der Waals surface area contributed by atoms with Crippen LogP contribution >= 0.6 is 0 Å². The summed E-state index contributed by atoms with van der Waals surface area (Å²) in [4.78, 5) is 0. The second-order valence-electron chi connectivity index (χ2n) is 5.62. The lowest BCUT2D eigenvalue weighted by Crippen LogP contribution is -2.15. The number of ether oxygens (including phenoxy) is 1. The van der Waals surface area contributed by atoms with Crippen molar-refractivity contribution in [2.45, 2.75) is 52.0 Å². The topological polar surface area (TPSA) is 35.2 Å². The van der Waals surface area contributed by atoms with Gasteiger partial charge in [0.15, 0.2) is 0 Å². The third-order valence-corrected chi connectivity index (χ3v) is 3.95. The fraction of sp³-hybridized carbons (Fsp3) is 0.529. The molecule has 2 N–H and O–H groups in total. The maximum atomic E-state index is 6.43. The highest BCUT2D eigenvalue weighted by molar-refractivity contribution is 5.45. The van der Waals surface area contributed by atoms with Gasteiger partial charge in [-0.1, -0.05) is 17.7 Å². The summed E-state index contributed by atoms with van der Waals surface area (Å²) in [7, 11) is 1.73. The summed E-state index contributed by atoms with van der Waals surface area (Å²) in [5.41, 5.74) is 11.6. The molecule has 19 heavy (non-hydrogen) atoms. The third-order valence-electron chi connectivity index (χ3n) is 3.95. The zero-order valence-corrected chi connectivity index (χ0v) is 12.3. The highest BCUT2D eigenvalue weighted by Gasteiger charge is 2.17. The van der Waals surface area contributed by atoms with E-state index in [1.54, 1.807) is 7.11 Å². The Morgan fingerprint density at radius 3 is 2.68 bits per heavy atom. The minimum Gasteiger partial charge on any atom is -0.496 e. The van der Waals surface area contributed by atoms with Crippen molar-refractivity contribution in [2.75, 3.05) is 7.11 Å². The number of allylic oxidation sites excluding steroid dienone is 1. The van der Waals surface area contributed by atoms with Crippen LogP contribution in [0.2, 0.25) is 0 Å². The van der Waals surface area contributed by atoms with E-state index in [4.69, 9.17) is 10.5 Å². The maximum absolute atomic E-state index is 6.43. The van der Waals surface area contributed by atoms with Gasteiger partial charge in [0, 0.05) is 11.6 Å². The van der Waals surface area contributed by atoms with Crippen LogP contribution in [0.15, 0.2) is 23.8 Å². The highest BCUT2D eigenvalue weighted by atomic mass is 16.5. The smallest absolute Gasteiger partial charge is 0.124 e. The van der Waals surface area contributed by atoms with Crippen LogP contribution in [-0.2, 0) is 0 Å². The minimum atomic E-state index is 0.0416. The quantitative estimate of drug-likeness (QED) is 0.822. The summed E-state index contributed by atoms with van der Waals surface area (Å²) in [5.74, 6) is 0.932. The second-order valence-corrected chi connectivity index (χ2v) is 5.62. The predicted molar refractivity (Wildman–Crippen MR) is 80.6 cm³/mol. The normalized spacial score (nSPS) is 16.9. The zero-order chi connectivity index (χ0) is 13.8. The highest BCUT2D eigenvalue weighted by Crippen LogP contribution is 2.33. The van der Waals surface area contributed by atoms with Crippen molar-refractivity contribution in [1.82, 2.24) is 0 Å². The number of nitrogens with two attached hydrogens (primary N) is 1. The Balaban J connectivity index is 2.22. The molecule has 2 heteroatoms. The standard InChI is InChI=1S/C17H25NO/c1-12-9-13(2)17(16(10-12)19-3)15(18)11-14-7-5-4-6-8-14/h7,9-10,15H,4-6,8,11,18H2,1-3H3. The van der Waals surface area contributed by atoms with E-state index >= 15 is 0 Å².